The highest BCUT2D eigenvalue weighted by atomic mass is 79.9. The van der Waals surface area contributed by atoms with Crippen LogP contribution in [0.4, 0.5) is 0 Å². The van der Waals surface area contributed by atoms with Crippen molar-refractivity contribution >= 4 is 26.8 Å². The van der Waals surface area contributed by atoms with Gasteiger partial charge in [-0.25, -0.2) is 0 Å². The minimum Gasteiger partial charge on any atom is -0.346 e. The molecule has 3 heterocycles. The molecule has 1 unspecified atom stereocenters. The highest BCUT2D eigenvalue weighted by molar-refractivity contribution is 9.10. The van der Waals surface area contributed by atoms with E-state index < -0.39 is 0 Å². The zero-order valence-corrected chi connectivity index (χ0v) is 12.7. The Morgan fingerprint density at radius 1 is 1.37 bits per heavy atom. The lowest BCUT2D eigenvalue weighted by molar-refractivity contribution is 0.579. The second kappa shape index (κ2) is 4.64. The van der Waals surface area contributed by atoms with E-state index in [-0.39, 0.29) is 0 Å². The molecule has 2 nitrogen and oxygen atoms in total. The lowest BCUT2D eigenvalue weighted by Crippen LogP contribution is -2.11. The Hall–Kier alpha value is -0.800. The zero-order valence-electron chi connectivity index (χ0n) is 11.1. The molecule has 0 amide bonds. The molecule has 4 rings (SSSR count). The minimum atomic E-state index is 0.828. The Morgan fingerprint density at radius 3 is 3.16 bits per heavy atom. The van der Waals surface area contributed by atoms with Gasteiger partial charge in [0, 0.05) is 22.6 Å². The van der Waals surface area contributed by atoms with Crippen LogP contribution in [0, 0.1) is 5.92 Å². The molecule has 2 aromatic rings. The average molecular weight is 319 g/mol. The van der Waals surface area contributed by atoms with Crippen molar-refractivity contribution in [2.45, 2.75) is 32.2 Å². The summed E-state index contributed by atoms with van der Waals surface area (Å²) in [7, 11) is 0. The van der Waals surface area contributed by atoms with E-state index in [2.05, 4.69) is 44.1 Å². The Labute approximate surface area is 122 Å². The van der Waals surface area contributed by atoms with Gasteiger partial charge in [0.2, 0.25) is 0 Å². The van der Waals surface area contributed by atoms with Crippen LogP contribution in [0.5, 0.6) is 0 Å². The van der Waals surface area contributed by atoms with Gasteiger partial charge < -0.3 is 9.88 Å². The Morgan fingerprint density at radius 2 is 2.32 bits per heavy atom. The molecule has 0 saturated carbocycles. The van der Waals surface area contributed by atoms with E-state index in [4.69, 9.17) is 0 Å². The van der Waals surface area contributed by atoms with Crippen LogP contribution in [0.25, 0.3) is 10.9 Å². The number of rotatable bonds is 2. The lowest BCUT2D eigenvalue weighted by Gasteiger charge is -2.17. The lowest BCUT2D eigenvalue weighted by atomic mass is 9.94. The van der Waals surface area contributed by atoms with E-state index in [9.17, 15) is 0 Å². The van der Waals surface area contributed by atoms with Crippen molar-refractivity contribution in [3.05, 3.63) is 33.9 Å². The van der Waals surface area contributed by atoms with Gasteiger partial charge in [-0.1, -0.05) is 6.07 Å². The largest absolute Gasteiger partial charge is 0.346 e. The number of hydrogen-bond acceptors (Lipinski definition) is 1. The van der Waals surface area contributed by atoms with Crippen molar-refractivity contribution in [1.82, 2.24) is 9.88 Å². The minimum absolute atomic E-state index is 0.828. The van der Waals surface area contributed by atoms with Gasteiger partial charge in [0.25, 0.3) is 0 Å². The van der Waals surface area contributed by atoms with E-state index in [1.807, 2.05) is 0 Å². The molecule has 0 radical (unpaired) electrons. The zero-order chi connectivity index (χ0) is 12.8. The molecular weight excluding hydrogens is 300 g/mol. The van der Waals surface area contributed by atoms with Crippen molar-refractivity contribution < 1.29 is 0 Å². The molecule has 0 spiro atoms. The second-order valence-electron chi connectivity index (χ2n) is 5.99. The van der Waals surface area contributed by atoms with Gasteiger partial charge in [0.1, 0.15) is 0 Å². The predicted molar refractivity (Wildman–Crippen MR) is 82.6 cm³/mol. The monoisotopic (exact) mass is 318 g/mol. The summed E-state index contributed by atoms with van der Waals surface area (Å²) >= 11 is 3.73. The predicted octanol–water partition coefficient (Wildman–Crippen LogP) is 3.50. The molecule has 2 aliphatic rings. The molecular formula is C16H19BrN2. The van der Waals surface area contributed by atoms with Crippen LogP contribution in [0.15, 0.2) is 22.8 Å². The van der Waals surface area contributed by atoms with E-state index >= 15 is 0 Å². The molecule has 3 heteroatoms. The second-order valence-corrected chi connectivity index (χ2v) is 6.84. The van der Waals surface area contributed by atoms with Gasteiger partial charge in [-0.15, -0.1) is 0 Å². The highest BCUT2D eigenvalue weighted by Crippen LogP contribution is 2.34. The third-order valence-corrected chi connectivity index (χ3v) is 5.23. The first-order chi connectivity index (χ1) is 9.31. The summed E-state index contributed by atoms with van der Waals surface area (Å²) in [6, 6.07) is 4.87. The Kier molecular flexibility index (Phi) is 2.92. The number of hydrogen-bond donors (Lipinski definition) is 1. The summed E-state index contributed by atoms with van der Waals surface area (Å²) < 4.78 is 3.68. The first-order valence-corrected chi connectivity index (χ1v) is 8.11. The maximum absolute atomic E-state index is 3.73. The summed E-state index contributed by atoms with van der Waals surface area (Å²) in [5.74, 6) is 0.828. The third kappa shape index (κ3) is 2.03. The van der Waals surface area contributed by atoms with Crippen molar-refractivity contribution in [3.63, 3.8) is 0 Å². The number of nitrogens with one attached hydrogen (secondary N) is 1. The maximum Gasteiger partial charge on any atom is 0.0524 e. The van der Waals surface area contributed by atoms with Crippen molar-refractivity contribution in [3.8, 4) is 0 Å². The molecule has 100 valence electrons. The summed E-state index contributed by atoms with van der Waals surface area (Å²) in [5.41, 5.74) is 4.54. The number of benzene rings is 1. The fraction of sp³-hybridized carbons (Fsp3) is 0.500. The summed E-state index contributed by atoms with van der Waals surface area (Å²) in [5, 5.41) is 4.89. The molecule has 1 fully saturated rings. The van der Waals surface area contributed by atoms with Gasteiger partial charge in [-0.3, -0.25) is 0 Å². The van der Waals surface area contributed by atoms with Crippen LogP contribution in [-0.2, 0) is 19.4 Å². The highest BCUT2D eigenvalue weighted by Gasteiger charge is 2.19. The number of halogens is 1. The van der Waals surface area contributed by atoms with E-state index in [0.717, 1.165) is 5.92 Å². The van der Waals surface area contributed by atoms with E-state index in [0.29, 0.717) is 0 Å². The first kappa shape index (κ1) is 12.0. The number of aromatic nitrogens is 1. The van der Waals surface area contributed by atoms with Crippen LogP contribution < -0.4 is 5.32 Å². The number of aryl methyl sites for hydroxylation is 2. The standard InChI is InChI=1S/C16H19BrN2/c17-15-10-19-5-1-2-13-7-12(8-14(15)16(13)19)6-11-3-4-18-9-11/h7-8,10-11,18H,1-6,9H2. The van der Waals surface area contributed by atoms with Crippen molar-refractivity contribution in [2.24, 2.45) is 5.92 Å². The first-order valence-electron chi connectivity index (χ1n) is 7.32. The van der Waals surface area contributed by atoms with Crippen molar-refractivity contribution in [1.29, 1.82) is 0 Å². The molecule has 1 saturated heterocycles. The van der Waals surface area contributed by atoms with Gasteiger partial charge in [0.05, 0.1) is 5.52 Å². The normalized spacial score (nSPS) is 22.3. The van der Waals surface area contributed by atoms with Gasteiger partial charge in [0.15, 0.2) is 0 Å². The van der Waals surface area contributed by atoms with Crippen LogP contribution in [0.1, 0.15) is 24.0 Å². The fourth-order valence-corrected chi connectivity index (χ4v) is 4.25. The molecule has 19 heavy (non-hydrogen) atoms. The quantitative estimate of drug-likeness (QED) is 0.896. The Balaban J connectivity index is 1.78. The van der Waals surface area contributed by atoms with Crippen LogP contribution >= 0.6 is 15.9 Å². The summed E-state index contributed by atoms with van der Waals surface area (Å²) in [6.45, 7) is 3.55. The smallest absolute Gasteiger partial charge is 0.0524 e. The van der Waals surface area contributed by atoms with Crippen molar-refractivity contribution in [2.75, 3.05) is 13.1 Å². The fourth-order valence-electron chi connectivity index (χ4n) is 3.70. The third-order valence-electron chi connectivity index (χ3n) is 4.59. The van der Waals surface area contributed by atoms with Crippen LogP contribution in [0.2, 0.25) is 0 Å². The molecule has 1 N–H and O–H groups in total. The van der Waals surface area contributed by atoms with Gasteiger partial charge in [-0.2, -0.15) is 0 Å². The molecule has 2 aliphatic heterocycles. The summed E-state index contributed by atoms with van der Waals surface area (Å²) in [4.78, 5) is 0. The van der Waals surface area contributed by atoms with E-state index in [1.54, 1.807) is 5.56 Å². The number of nitrogens with zero attached hydrogens (tertiary/aromatic N) is 1. The molecule has 1 aromatic heterocycles. The Bertz CT molecular complexity index is 623. The van der Waals surface area contributed by atoms with Crippen LogP contribution in [-0.4, -0.2) is 17.7 Å². The van der Waals surface area contributed by atoms with Gasteiger partial charge >= 0.3 is 0 Å². The topological polar surface area (TPSA) is 17.0 Å². The van der Waals surface area contributed by atoms with Crippen LogP contribution in [0.3, 0.4) is 0 Å². The SMILES string of the molecule is Brc1cn2c3c(cc(CC4CCNC4)cc13)CCC2. The van der Waals surface area contributed by atoms with E-state index in [1.165, 1.54) is 66.3 Å². The molecule has 0 bridgehead atoms. The molecule has 0 aliphatic carbocycles. The average Bonchev–Trinajstić information content (AvgIpc) is 3.00. The maximum atomic E-state index is 3.73. The molecule has 1 aromatic carbocycles. The van der Waals surface area contributed by atoms with Gasteiger partial charge in [-0.05, 0) is 77.8 Å². The summed E-state index contributed by atoms with van der Waals surface area (Å²) in [6.07, 6.45) is 7.33. The molecule has 1 atom stereocenters.